The van der Waals surface area contributed by atoms with Gasteiger partial charge in [-0.3, -0.25) is 5.32 Å². The SMILES string of the molecule is Cc1ccc(C2NC(C)CS2)c(Br)c1. The van der Waals surface area contributed by atoms with E-state index in [1.807, 2.05) is 11.8 Å². The minimum Gasteiger partial charge on any atom is -0.298 e. The van der Waals surface area contributed by atoms with Crippen LogP contribution in [0.25, 0.3) is 0 Å². The highest BCUT2D eigenvalue weighted by molar-refractivity contribution is 9.10. The minimum atomic E-state index is 0.458. The van der Waals surface area contributed by atoms with E-state index in [0.29, 0.717) is 11.4 Å². The van der Waals surface area contributed by atoms with Crippen LogP contribution in [-0.4, -0.2) is 11.8 Å². The maximum Gasteiger partial charge on any atom is 0.0803 e. The van der Waals surface area contributed by atoms with Crippen molar-refractivity contribution in [2.75, 3.05) is 5.75 Å². The second-order valence-electron chi connectivity index (χ2n) is 3.81. The van der Waals surface area contributed by atoms with Crippen molar-refractivity contribution in [3.8, 4) is 0 Å². The average Bonchev–Trinajstić information content (AvgIpc) is 2.51. The predicted molar refractivity (Wildman–Crippen MR) is 66.7 cm³/mol. The van der Waals surface area contributed by atoms with E-state index in [2.05, 4.69) is 53.3 Å². The van der Waals surface area contributed by atoms with Gasteiger partial charge in [0.2, 0.25) is 0 Å². The number of halogens is 1. The fourth-order valence-corrected chi connectivity index (χ4v) is 3.78. The van der Waals surface area contributed by atoms with Crippen LogP contribution in [0.4, 0.5) is 0 Å². The quantitative estimate of drug-likeness (QED) is 0.840. The molecule has 0 aromatic heterocycles. The molecule has 2 rings (SSSR count). The van der Waals surface area contributed by atoms with E-state index < -0.39 is 0 Å². The van der Waals surface area contributed by atoms with Gasteiger partial charge in [0.05, 0.1) is 5.37 Å². The molecule has 1 aliphatic rings. The van der Waals surface area contributed by atoms with Gasteiger partial charge < -0.3 is 0 Å². The standard InChI is InChI=1S/C11H14BrNS/c1-7-3-4-9(10(12)5-7)11-13-8(2)6-14-11/h3-5,8,11,13H,6H2,1-2H3. The summed E-state index contributed by atoms with van der Waals surface area (Å²) in [5.41, 5.74) is 2.67. The molecule has 1 saturated heterocycles. The van der Waals surface area contributed by atoms with Crippen molar-refractivity contribution in [3.63, 3.8) is 0 Å². The molecule has 0 spiro atoms. The third-order valence-electron chi connectivity index (χ3n) is 2.39. The molecule has 1 aromatic rings. The Balaban J connectivity index is 2.24. The zero-order valence-electron chi connectivity index (χ0n) is 8.38. The maximum atomic E-state index is 3.62. The van der Waals surface area contributed by atoms with Crippen LogP contribution in [0.1, 0.15) is 23.4 Å². The van der Waals surface area contributed by atoms with Gasteiger partial charge in [0.15, 0.2) is 0 Å². The summed E-state index contributed by atoms with van der Waals surface area (Å²) in [5.74, 6) is 1.20. The van der Waals surface area contributed by atoms with Crippen LogP contribution in [0, 0.1) is 6.92 Å². The molecule has 0 amide bonds. The number of aryl methyl sites for hydroxylation is 1. The summed E-state index contributed by atoms with van der Waals surface area (Å²) < 4.78 is 1.22. The second kappa shape index (κ2) is 4.25. The lowest BCUT2D eigenvalue weighted by atomic mass is 10.1. The zero-order valence-corrected chi connectivity index (χ0v) is 10.8. The van der Waals surface area contributed by atoms with Crippen molar-refractivity contribution < 1.29 is 0 Å². The summed E-state index contributed by atoms with van der Waals surface area (Å²) >= 11 is 5.61. The summed E-state index contributed by atoms with van der Waals surface area (Å²) in [6.45, 7) is 4.35. The summed E-state index contributed by atoms with van der Waals surface area (Å²) in [6, 6.07) is 7.19. The van der Waals surface area contributed by atoms with Crippen molar-refractivity contribution in [3.05, 3.63) is 33.8 Å². The van der Waals surface area contributed by atoms with Crippen LogP contribution in [-0.2, 0) is 0 Å². The molecule has 0 bridgehead atoms. The second-order valence-corrected chi connectivity index (χ2v) is 5.80. The van der Waals surface area contributed by atoms with E-state index in [0.717, 1.165) is 0 Å². The summed E-state index contributed by atoms with van der Waals surface area (Å²) in [6.07, 6.45) is 0. The van der Waals surface area contributed by atoms with Gasteiger partial charge in [0.25, 0.3) is 0 Å². The van der Waals surface area contributed by atoms with Gasteiger partial charge in [-0.2, -0.15) is 0 Å². The average molecular weight is 272 g/mol. The highest BCUT2D eigenvalue weighted by Crippen LogP contribution is 2.36. The lowest BCUT2D eigenvalue weighted by Crippen LogP contribution is -2.22. The highest BCUT2D eigenvalue weighted by Gasteiger charge is 2.23. The van der Waals surface area contributed by atoms with Crippen molar-refractivity contribution >= 4 is 27.7 Å². The molecule has 1 aromatic carbocycles. The van der Waals surface area contributed by atoms with Crippen LogP contribution >= 0.6 is 27.7 Å². The van der Waals surface area contributed by atoms with Crippen LogP contribution in [0.15, 0.2) is 22.7 Å². The smallest absolute Gasteiger partial charge is 0.0803 e. The zero-order chi connectivity index (χ0) is 10.1. The number of hydrogen-bond acceptors (Lipinski definition) is 2. The summed E-state index contributed by atoms with van der Waals surface area (Å²) in [7, 11) is 0. The van der Waals surface area contributed by atoms with Gasteiger partial charge in [0, 0.05) is 16.3 Å². The minimum absolute atomic E-state index is 0.458. The van der Waals surface area contributed by atoms with Gasteiger partial charge in [-0.05, 0) is 31.0 Å². The number of nitrogens with one attached hydrogen (secondary N) is 1. The number of rotatable bonds is 1. The van der Waals surface area contributed by atoms with Crippen molar-refractivity contribution in [1.29, 1.82) is 0 Å². The molecule has 0 aliphatic carbocycles. The van der Waals surface area contributed by atoms with Gasteiger partial charge in [-0.15, -0.1) is 11.8 Å². The van der Waals surface area contributed by atoms with Gasteiger partial charge in [0.1, 0.15) is 0 Å². The molecule has 76 valence electrons. The van der Waals surface area contributed by atoms with Gasteiger partial charge in [-0.1, -0.05) is 28.1 Å². The Kier molecular flexibility index (Phi) is 3.20. The molecule has 1 aliphatic heterocycles. The van der Waals surface area contributed by atoms with Crippen LogP contribution in [0.2, 0.25) is 0 Å². The first kappa shape index (κ1) is 10.5. The Bertz CT molecular complexity index is 340. The molecule has 0 radical (unpaired) electrons. The van der Waals surface area contributed by atoms with E-state index in [4.69, 9.17) is 0 Å². The van der Waals surface area contributed by atoms with Crippen molar-refractivity contribution in [2.24, 2.45) is 0 Å². The number of thioether (sulfide) groups is 1. The van der Waals surface area contributed by atoms with E-state index in [1.165, 1.54) is 21.4 Å². The molecule has 2 atom stereocenters. The first-order valence-corrected chi connectivity index (χ1v) is 6.64. The molecule has 3 heteroatoms. The molecule has 1 fully saturated rings. The van der Waals surface area contributed by atoms with Gasteiger partial charge >= 0.3 is 0 Å². The van der Waals surface area contributed by atoms with E-state index in [-0.39, 0.29) is 0 Å². The highest BCUT2D eigenvalue weighted by atomic mass is 79.9. The first-order valence-electron chi connectivity index (χ1n) is 4.80. The Morgan fingerprint density at radius 1 is 1.50 bits per heavy atom. The summed E-state index contributed by atoms with van der Waals surface area (Å²) in [5, 5.41) is 4.02. The van der Waals surface area contributed by atoms with E-state index in [1.54, 1.807) is 0 Å². The molecule has 1 N–H and O–H groups in total. The lowest BCUT2D eigenvalue weighted by Gasteiger charge is -2.13. The number of benzene rings is 1. The summed E-state index contributed by atoms with van der Waals surface area (Å²) in [4.78, 5) is 0. The monoisotopic (exact) mass is 271 g/mol. The third kappa shape index (κ3) is 2.15. The lowest BCUT2D eigenvalue weighted by molar-refractivity contribution is 0.617. The Morgan fingerprint density at radius 3 is 2.86 bits per heavy atom. The molecular formula is C11H14BrNS. The van der Waals surface area contributed by atoms with Crippen molar-refractivity contribution in [1.82, 2.24) is 5.32 Å². The molecular weight excluding hydrogens is 258 g/mol. The Hall–Kier alpha value is 0.01000. The predicted octanol–water partition coefficient (Wildman–Crippen LogP) is 3.48. The Morgan fingerprint density at radius 2 is 2.29 bits per heavy atom. The topological polar surface area (TPSA) is 12.0 Å². The maximum absolute atomic E-state index is 3.62. The first-order chi connectivity index (χ1) is 6.66. The fourth-order valence-electron chi connectivity index (χ4n) is 1.62. The largest absolute Gasteiger partial charge is 0.298 e. The fraction of sp³-hybridized carbons (Fsp3) is 0.455. The molecule has 1 heterocycles. The molecule has 0 saturated carbocycles. The molecule has 1 nitrogen and oxygen atoms in total. The van der Waals surface area contributed by atoms with E-state index in [9.17, 15) is 0 Å². The third-order valence-corrected chi connectivity index (χ3v) is 4.49. The van der Waals surface area contributed by atoms with Gasteiger partial charge in [-0.25, -0.2) is 0 Å². The van der Waals surface area contributed by atoms with Crippen molar-refractivity contribution in [2.45, 2.75) is 25.3 Å². The molecule has 2 unspecified atom stereocenters. The van der Waals surface area contributed by atoms with Crippen LogP contribution < -0.4 is 5.32 Å². The Labute approximate surface area is 97.8 Å². The van der Waals surface area contributed by atoms with Crippen LogP contribution in [0.5, 0.6) is 0 Å². The van der Waals surface area contributed by atoms with Crippen LogP contribution in [0.3, 0.4) is 0 Å². The number of hydrogen-bond donors (Lipinski definition) is 1. The van der Waals surface area contributed by atoms with E-state index >= 15 is 0 Å². The molecule has 14 heavy (non-hydrogen) atoms. The normalized spacial score (nSPS) is 26.8.